The topological polar surface area (TPSA) is 39.1 Å². The molecule has 1 fully saturated rings. The van der Waals surface area contributed by atoms with Crippen molar-refractivity contribution < 1.29 is 4.74 Å². The number of hydrogen-bond donors (Lipinski definition) is 1. The molecule has 0 aliphatic carbocycles. The molecule has 0 bridgehead atoms. The fourth-order valence-corrected chi connectivity index (χ4v) is 1.15. The predicted octanol–water partition coefficient (Wildman–Crippen LogP) is 0.254. The molecule has 0 unspecified atom stereocenters. The minimum atomic E-state index is 0.317. The number of nitrogens with zero attached hydrogens (tertiary/aromatic N) is 2. The molecule has 1 aliphatic heterocycles. The summed E-state index contributed by atoms with van der Waals surface area (Å²) in [6.45, 7) is 4.87. The molecular weight excluding hydrogens is 154 g/mol. The molecule has 12 heavy (non-hydrogen) atoms. The van der Waals surface area contributed by atoms with Crippen molar-refractivity contribution in [3.8, 4) is 6.01 Å². The van der Waals surface area contributed by atoms with Gasteiger partial charge in [-0.3, -0.25) is 0 Å². The van der Waals surface area contributed by atoms with Crippen LogP contribution in [0.1, 0.15) is 6.92 Å². The molecule has 0 spiro atoms. The van der Waals surface area contributed by atoms with Crippen LogP contribution in [-0.2, 0) is 6.54 Å². The Morgan fingerprint density at radius 2 is 2.58 bits per heavy atom. The fraction of sp³-hybridized carbons (Fsp3) is 0.625. The highest BCUT2D eigenvalue weighted by Gasteiger charge is 2.19. The van der Waals surface area contributed by atoms with Crippen LogP contribution in [0.2, 0.25) is 0 Å². The van der Waals surface area contributed by atoms with Crippen LogP contribution in [0.4, 0.5) is 0 Å². The summed E-state index contributed by atoms with van der Waals surface area (Å²) < 4.78 is 7.60. The summed E-state index contributed by atoms with van der Waals surface area (Å²) in [6, 6.07) is 0.740. The van der Waals surface area contributed by atoms with Crippen molar-refractivity contribution in [2.24, 2.45) is 0 Å². The number of aromatic nitrogens is 2. The van der Waals surface area contributed by atoms with Crippen LogP contribution in [0.5, 0.6) is 6.01 Å². The van der Waals surface area contributed by atoms with Crippen LogP contribution in [0.25, 0.3) is 0 Å². The predicted molar refractivity (Wildman–Crippen MR) is 45.2 cm³/mol. The minimum absolute atomic E-state index is 0.317. The summed E-state index contributed by atoms with van der Waals surface area (Å²) in [7, 11) is 0. The summed E-state index contributed by atoms with van der Waals surface area (Å²) in [4.78, 5) is 4.12. The lowest BCUT2D eigenvalue weighted by atomic mass is 10.2. The zero-order chi connectivity index (χ0) is 8.39. The van der Waals surface area contributed by atoms with Gasteiger partial charge in [-0.25, -0.2) is 4.98 Å². The SMILES string of the molecule is CCn1ccnc1OC1CNC1. The van der Waals surface area contributed by atoms with E-state index < -0.39 is 0 Å². The average Bonchev–Trinajstić information content (AvgIpc) is 2.43. The molecule has 2 rings (SSSR count). The molecule has 0 saturated carbocycles. The number of hydrogen-bond acceptors (Lipinski definition) is 3. The van der Waals surface area contributed by atoms with Crippen molar-refractivity contribution in [1.82, 2.24) is 14.9 Å². The Kier molecular flexibility index (Phi) is 1.99. The summed E-state index contributed by atoms with van der Waals surface area (Å²) in [5.41, 5.74) is 0. The van der Waals surface area contributed by atoms with Crippen LogP contribution >= 0.6 is 0 Å². The number of aryl methyl sites for hydroxylation is 1. The molecule has 1 aromatic heterocycles. The molecule has 0 aromatic carbocycles. The van der Waals surface area contributed by atoms with E-state index in [0.29, 0.717) is 6.10 Å². The zero-order valence-electron chi connectivity index (χ0n) is 7.16. The second kappa shape index (κ2) is 3.15. The first-order valence-corrected chi connectivity index (χ1v) is 4.28. The van der Waals surface area contributed by atoms with Gasteiger partial charge in [-0.1, -0.05) is 0 Å². The fourth-order valence-electron chi connectivity index (χ4n) is 1.15. The van der Waals surface area contributed by atoms with Gasteiger partial charge in [-0.15, -0.1) is 0 Å². The van der Waals surface area contributed by atoms with Crippen molar-refractivity contribution in [1.29, 1.82) is 0 Å². The highest BCUT2D eigenvalue weighted by atomic mass is 16.5. The molecule has 1 aliphatic rings. The van der Waals surface area contributed by atoms with E-state index in [2.05, 4.69) is 17.2 Å². The van der Waals surface area contributed by atoms with E-state index in [9.17, 15) is 0 Å². The second-order valence-electron chi connectivity index (χ2n) is 2.89. The van der Waals surface area contributed by atoms with Crippen molar-refractivity contribution >= 4 is 0 Å². The Balaban J connectivity index is 2.00. The monoisotopic (exact) mass is 167 g/mol. The Bertz CT molecular complexity index is 255. The molecule has 2 heterocycles. The Morgan fingerprint density at radius 3 is 3.17 bits per heavy atom. The largest absolute Gasteiger partial charge is 0.459 e. The third-order valence-corrected chi connectivity index (χ3v) is 2.03. The van der Waals surface area contributed by atoms with Gasteiger partial charge in [-0.05, 0) is 6.92 Å². The third-order valence-electron chi connectivity index (χ3n) is 2.03. The van der Waals surface area contributed by atoms with E-state index >= 15 is 0 Å². The molecule has 1 N–H and O–H groups in total. The third kappa shape index (κ3) is 1.30. The standard InChI is InChI=1S/C8H13N3O/c1-2-11-4-3-10-8(11)12-7-5-9-6-7/h3-4,7,9H,2,5-6H2,1H3. The number of rotatable bonds is 3. The van der Waals surface area contributed by atoms with Gasteiger partial charge in [-0.2, -0.15) is 0 Å². The van der Waals surface area contributed by atoms with Gasteiger partial charge >= 0.3 is 0 Å². The van der Waals surface area contributed by atoms with Gasteiger partial charge in [0.05, 0.1) is 0 Å². The van der Waals surface area contributed by atoms with Crippen LogP contribution in [0.15, 0.2) is 12.4 Å². The van der Waals surface area contributed by atoms with Crippen molar-refractivity contribution in [2.75, 3.05) is 13.1 Å². The lowest BCUT2D eigenvalue weighted by Gasteiger charge is -2.27. The first-order valence-electron chi connectivity index (χ1n) is 4.28. The molecule has 0 atom stereocenters. The maximum Gasteiger partial charge on any atom is 0.296 e. The summed E-state index contributed by atoms with van der Waals surface area (Å²) >= 11 is 0. The van der Waals surface area contributed by atoms with Crippen molar-refractivity contribution in [2.45, 2.75) is 19.6 Å². The maximum atomic E-state index is 5.60. The zero-order valence-corrected chi connectivity index (χ0v) is 7.16. The molecule has 66 valence electrons. The molecule has 0 radical (unpaired) electrons. The molecule has 4 nitrogen and oxygen atoms in total. The Hall–Kier alpha value is -1.03. The van der Waals surface area contributed by atoms with E-state index in [1.54, 1.807) is 6.20 Å². The summed E-state index contributed by atoms with van der Waals surface area (Å²) in [5.74, 6) is 0. The van der Waals surface area contributed by atoms with Crippen LogP contribution < -0.4 is 10.1 Å². The van der Waals surface area contributed by atoms with Gasteiger partial charge in [0.15, 0.2) is 0 Å². The molecule has 1 saturated heterocycles. The Labute approximate surface area is 71.6 Å². The lowest BCUT2D eigenvalue weighted by molar-refractivity contribution is 0.124. The number of nitrogens with one attached hydrogen (secondary N) is 1. The van der Waals surface area contributed by atoms with Crippen molar-refractivity contribution in [3.63, 3.8) is 0 Å². The Morgan fingerprint density at radius 1 is 1.75 bits per heavy atom. The normalized spacial score (nSPS) is 17.4. The van der Waals surface area contributed by atoms with Gasteiger partial charge in [0.1, 0.15) is 6.10 Å². The van der Waals surface area contributed by atoms with E-state index in [0.717, 1.165) is 25.6 Å². The number of ether oxygens (including phenoxy) is 1. The van der Waals surface area contributed by atoms with Crippen molar-refractivity contribution in [3.05, 3.63) is 12.4 Å². The first kappa shape index (κ1) is 7.61. The first-order chi connectivity index (χ1) is 5.90. The molecule has 1 aromatic rings. The van der Waals surface area contributed by atoms with E-state index in [1.807, 2.05) is 10.8 Å². The second-order valence-corrected chi connectivity index (χ2v) is 2.89. The lowest BCUT2D eigenvalue weighted by Crippen LogP contribution is -2.50. The highest BCUT2D eigenvalue weighted by molar-refractivity contribution is 5.00. The van der Waals surface area contributed by atoms with Gasteiger partial charge < -0.3 is 14.6 Å². The quantitative estimate of drug-likeness (QED) is 0.701. The van der Waals surface area contributed by atoms with Crippen LogP contribution in [-0.4, -0.2) is 28.7 Å². The van der Waals surface area contributed by atoms with Gasteiger partial charge in [0.25, 0.3) is 6.01 Å². The number of imidazole rings is 1. The van der Waals surface area contributed by atoms with Crippen LogP contribution in [0, 0.1) is 0 Å². The highest BCUT2D eigenvalue weighted by Crippen LogP contribution is 2.10. The maximum absolute atomic E-state index is 5.60. The smallest absolute Gasteiger partial charge is 0.296 e. The van der Waals surface area contributed by atoms with E-state index in [-0.39, 0.29) is 0 Å². The van der Waals surface area contributed by atoms with E-state index in [4.69, 9.17) is 4.74 Å². The average molecular weight is 167 g/mol. The molecule has 4 heteroatoms. The van der Waals surface area contributed by atoms with Gasteiger partial charge in [0.2, 0.25) is 0 Å². The van der Waals surface area contributed by atoms with E-state index in [1.165, 1.54) is 0 Å². The molecule has 0 amide bonds. The molecular formula is C8H13N3O. The summed E-state index contributed by atoms with van der Waals surface area (Å²) in [6.07, 6.45) is 4.02. The minimum Gasteiger partial charge on any atom is -0.459 e. The van der Waals surface area contributed by atoms with Gasteiger partial charge in [0, 0.05) is 32.0 Å². The summed E-state index contributed by atoms with van der Waals surface area (Å²) in [5, 5.41) is 3.15. The van der Waals surface area contributed by atoms with Crippen LogP contribution in [0.3, 0.4) is 0 Å².